The monoisotopic (exact) mass is 606 g/mol. The van der Waals surface area contributed by atoms with E-state index >= 15 is 0 Å². The second-order valence-corrected chi connectivity index (χ2v) is 12.0. The number of halogens is 4. The third kappa shape index (κ3) is 7.26. The van der Waals surface area contributed by atoms with Crippen LogP contribution in [0.3, 0.4) is 0 Å². The highest BCUT2D eigenvalue weighted by Gasteiger charge is 2.47. The number of ether oxygens (including phenoxy) is 1. The van der Waals surface area contributed by atoms with Gasteiger partial charge in [0.15, 0.2) is 11.9 Å². The van der Waals surface area contributed by atoms with Crippen LogP contribution < -0.4 is 10.2 Å². The summed E-state index contributed by atoms with van der Waals surface area (Å²) in [6.45, 7) is 9.98. The lowest BCUT2D eigenvalue weighted by Gasteiger charge is -2.45. The molecule has 0 aliphatic carbocycles. The molecule has 2 saturated heterocycles. The summed E-state index contributed by atoms with van der Waals surface area (Å²) in [5.74, 6) is -0.524. The van der Waals surface area contributed by atoms with Crippen molar-refractivity contribution in [3.8, 4) is 0 Å². The van der Waals surface area contributed by atoms with Crippen molar-refractivity contribution in [3.63, 3.8) is 0 Å². The number of piperidine rings is 1. The lowest BCUT2D eigenvalue weighted by molar-refractivity contribution is -0.140. The summed E-state index contributed by atoms with van der Waals surface area (Å²) in [6.07, 6.45) is 1.47. The van der Waals surface area contributed by atoms with E-state index < -0.39 is 23.2 Å². The molecule has 3 aromatic rings. The normalized spacial score (nSPS) is 16.8. The number of aromatic nitrogens is 3. The smallest absolute Gasteiger partial charge is 0.419 e. The predicted octanol–water partition coefficient (Wildman–Crippen LogP) is 5.78. The number of aryl methyl sites for hydroxylation is 1. The zero-order valence-corrected chi connectivity index (χ0v) is 25.1. The second-order valence-electron chi connectivity index (χ2n) is 12.0. The first-order chi connectivity index (χ1) is 20.2. The highest BCUT2D eigenvalue weighted by atomic mass is 19.4. The molecule has 4 heterocycles. The first-order valence-corrected chi connectivity index (χ1v) is 14.2. The number of carbonyl (C=O) groups excluding carboxylic acids is 2. The van der Waals surface area contributed by atoms with Gasteiger partial charge in [0.25, 0.3) is 0 Å². The Kier molecular flexibility index (Phi) is 9.33. The standard InChI is InChI=1S/C21H29N5O3.C9H9F4N/c1-15-22-18-17(12-16(14-27)13-26(18)23-15)24-10-7-21(8-11-24)6-5-9-25(21)19(28)29-20(2,3)4;1-14-5-6-3-2-4-7(8(6)10)9(11,12)13/h12-14H,5-11H2,1-4H3;2-4,14H,5H2,1H3. The van der Waals surface area contributed by atoms with Crippen molar-refractivity contribution in [1.82, 2.24) is 24.8 Å². The van der Waals surface area contributed by atoms with Gasteiger partial charge in [-0.1, -0.05) is 12.1 Å². The summed E-state index contributed by atoms with van der Waals surface area (Å²) < 4.78 is 57.2. The Balaban J connectivity index is 0.000000255. The molecule has 0 unspecified atom stereocenters. The summed E-state index contributed by atoms with van der Waals surface area (Å²) in [5.41, 5.74) is 0.433. The van der Waals surface area contributed by atoms with Gasteiger partial charge in [0.2, 0.25) is 0 Å². The number of pyridine rings is 1. The molecule has 13 heteroatoms. The van der Waals surface area contributed by atoms with E-state index in [1.807, 2.05) is 38.7 Å². The van der Waals surface area contributed by atoms with Crippen LogP contribution in [0.4, 0.5) is 28.0 Å². The van der Waals surface area contributed by atoms with Gasteiger partial charge in [0, 0.05) is 49.0 Å². The minimum atomic E-state index is -4.63. The van der Waals surface area contributed by atoms with Crippen molar-refractivity contribution in [2.75, 3.05) is 31.6 Å². The molecule has 5 rings (SSSR count). The van der Waals surface area contributed by atoms with Crippen LogP contribution in [0, 0.1) is 12.7 Å². The van der Waals surface area contributed by atoms with Crippen molar-refractivity contribution in [3.05, 3.63) is 58.8 Å². The van der Waals surface area contributed by atoms with Crippen molar-refractivity contribution in [1.29, 1.82) is 0 Å². The van der Waals surface area contributed by atoms with Crippen LogP contribution in [0.2, 0.25) is 0 Å². The number of alkyl halides is 3. The summed E-state index contributed by atoms with van der Waals surface area (Å²) in [4.78, 5) is 32.9. The van der Waals surface area contributed by atoms with E-state index in [4.69, 9.17) is 4.74 Å². The molecule has 0 bridgehead atoms. The Labute approximate surface area is 248 Å². The molecule has 1 amide bonds. The van der Waals surface area contributed by atoms with Gasteiger partial charge in [-0.05, 0) is 72.6 Å². The lowest BCUT2D eigenvalue weighted by Crippen LogP contribution is -2.55. The van der Waals surface area contributed by atoms with Crippen molar-refractivity contribution in [2.45, 2.75) is 77.2 Å². The molecule has 0 atom stereocenters. The average molecular weight is 607 g/mol. The van der Waals surface area contributed by atoms with E-state index in [9.17, 15) is 27.2 Å². The van der Waals surface area contributed by atoms with Gasteiger partial charge in [0.1, 0.15) is 17.2 Å². The number of rotatable bonds is 4. The van der Waals surface area contributed by atoms with E-state index in [0.717, 1.165) is 69.0 Å². The fourth-order valence-corrected chi connectivity index (χ4v) is 5.74. The molecule has 234 valence electrons. The maximum Gasteiger partial charge on any atom is 0.419 e. The van der Waals surface area contributed by atoms with Crippen molar-refractivity contribution in [2.24, 2.45) is 0 Å². The average Bonchev–Trinajstić information content (AvgIpc) is 3.51. The number of benzene rings is 1. The molecule has 1 spiro atoms. The van der Waals surface area contributed by atoms with Crippen LogP contribution in [0.15, 0.2) is 30.5 Å². The molecule has 43 heavy (non-hydrogen) atoms. The number of carbonyl (C=O) groups is 2. The number of fused-ring (bicyclic) bond motifs is 1. The maximum absolute atomic E-state index is 13.2. The minimum Gasteiger partial charge on any atom is -0.444 e. The van der Waals surface area contributed by atoms with Gasteiger partial charge in [-0.2, -0.15) is 18.3 Å². The molecule has 9 nitrogen and oxygen atoms in total. The molecule has 2 aliphatic rings. The van der Waals surface area contributed by atoms with Gasteiger partial charge >= 0.3 is 12.3 Å². The molecule has 1 aromatic carbocycles. The third-order valence-corrected chi connectivity index (χ3v) is 7.67. The van der Waals surface area contributed by atoms with Gasteiger partial charge in [-0.25, -0.2) is 18.7 Å². The highest BCUT2D eigenvalue weighted by Crippen LogP contribution is 2.41. The SMILES string of the molecule is CNCc1cccc(C(F)(F)F)c1F.Cc1nc2c(N3CCC4(CCCN4C(=O)OC(C)(C)C)CC3)cc(C=O)cn2n1. The lowest BCUT2D eigenvalue weighted by atomic mass is 9.85. The van der Waals surface area contributed by atoms with Gasteiger partial charge in [-0.3, -0.25) is 4.79 Å². The minimum absolute atomic E-state index is 0.0160. The fourth-order valence-electron chi connectivity index (χ4n) is 5.74. The number of likely N-dealkylation sites (tertiary alicyclic amines) is 1. The van der Waals surface area contributed by atoms with Gasteiger partial charge in [-0.15, -0.1) is 0 Å². The number of nitrogens with zero attached hydrogens (tertiary/aromatic N) is 5. The van der Waals surface area contributed by atoms with Crippen LogP contribution in [0.25, 0.3) is 5.65 Å². The molecule has 2 aliphatic heterocycles. The summed E-state index contributed by atoms with van der Waals surface area (Å²) >= 11 is 0. The maximum atomic E-state index is 13.2. The first-order valence-electron chi connectivity index (χ1n) is 14.2. The molecule has 0 saturated carbocycles. The second kappa shape index (κ2) is 12.5. The summed E-state index contributed by atoms with van der Waals surface area (Å²) in [6, 6.07) is 5.13. The van der Waals surface area contributed by atoms with E-state index in [2.05, 4.69) is 20.3 Å². The van der Waals surface area contributed by atoms with E-state index in [0.29, 0.717) is 11.4 Å². The van der Waals surface area contributed by atoms with Crippen molar-refractivity contribution < 1.29 is 31.9 Å². The number of amides is 1. The van der Waals surface area contributed by atoms with E-state index in [-0.39, 0.29) is 23.7 Å². The highest BCUT2D eigenvalue weighted by molar-refractivity contribution is 5.81. The van der Waals surface area contributed by atoms with Crippen LogP contribution in [0.1, 0.15) is 73.8 Å². The molecule has 2 aromatic heterocycles. The number of aldehydes is 1. The van der Waals surface area contributed by atoms with Crippen LogP contribution >= 0.6 is 0 Å². The summed E-state index contributed by atoms with van der Waals surface area (Å²) in [5, 5.41) is 6.96. The largest absolute Gasteiger partial charge is 0.444 e. The fraction of sp³-hybridized carbons (Fsp3) is 0.533. The Morgan fingerprint density at radius 1 is 1.14 bits per heavy atom. The van der Waals surface area contributed by atoms with Gasteiger partial charge in [0.05, 0.1) is 11.3 Å². The van der Waals surface area contributed by atoms with E-state index in [1.165, 1.54) is 12.1 Å². The molecule has 2 fully saturated rings. The van der Waals surface area contributed by atoms with Crippen molar-refractivity contribution >= 4 is 23.7 Å². The third-order valence-electron chi connectivity index (χ3n) is 7.67. The number of hydrogen-bond donors (Lipinski definition) is 1. The van der Waals surface area contributed by atoms with Crippen LogP contribution in [-0.4, -0.2) is 69.7 Å². The van der Waals surface area contributed by atoms with Crippen LogP contribution in [0.5, 0.6) is 0 Å². The Morgan fingerprint density at radius 3 is 2.44 bits per heavy atom. The zero-order valence-electron chi connectivity index (χ0n) is 25.1. The Hall–Kier alpha value is -3.74. The molecular formula is C30H38F4N6O3. The van der Waals surface area contributed by atoms with E-state index in [1.54, 1.807) is 17.8 Å². The summed E-state index contributed by atoms with van der Waals surface area (Å²) in [7, 11) is 1.54. The van der Waals surface area contributed by atoms with Crippen LogP contribution in [-0.2, 0) is 17.5 Å². The zero-order chi connectivity index (χ0) is 31.6. The topological polar surface area (TPSA) is 92.1 Å². The Morgan fingerprint density at radius 2 is 1.84 bits per heavy atom. The number of anilines is 1. The number of nitrogens with one attached hydrogen (secondary N) is 1. The molecular weight excluding hydrogens is 568 g/mol. The Bertz CT molecular complexity index is 1460. The first kappa shape index (κ1) is 32.2. The number of hydrogen-bond acceptors (Lipinski definition) is 7. The predicted molar refractivity (Wildman–Crippen MR) is 154 cm³/mol. The van der Waals surface area contributed by atoms with Gasteiger partial charge < -0.3 is 19.9 Å². The molecule has 1 N–H and O–H groups in total. The quantitative estimate of drug-likeness (QED) is 0.297. The molecule has 0 radical (unpaired) electrons.